The van der Waals surface area contributed by atoms with Gasteiger partial charge in [0.05, 0.1) is 5.56 Å². The Kier molecular flexibility index (Phi) is 3.21. The largest absolute Gasteiger partial charge is 0.507 e. The van der Waals surface area contributed by atoms with E-state index in [1.165, 1.54) is 13.8 Å². The summed E-state index contributed by atoms with van der Waals surface area (Å²) in [6.45, 7) is 4.46. The molecule has 1 aliphatic carbocycles. The summed E-state index contributed by atoms with van der Waals surface area (Å²) in [6, 6.07) is 4.23. The second kappa shape index (κ2) is 4.82. The van der Waals surface area contributed by atoms with E-state index in [1.54, 1.807) is 19.1 Å². The Bertz CT molecular complexity index is 924. The van der Waals surface area contributed by atoms with Gasteiger partial charge in [-0.05, 0) is 38.0 Å². The number of carbonyl (C=O) groups excluding carboxylic acids is 1. The van der Waals surface area contributed by atoms with Crippen molar-refractivity contribution in [2.75, 3.05) is 0 Å². The number of aromatic hydroxyl groups is 2. The van der Waals surface area contributed by atoms with Crippen LogP contribution in [0.25, 0.3) is 0 Å². The Hall–Kier alpha value is -2.86. The first kappa shape index (κ1) is 16.0. The summed E-state index contributed by atoms with van der Waals surface area (Å²) in [4.78, 5) is 24.3. The van der Waals surface area contributed by atoms with E-state index >= 15 is 0 Å². The summed E-state index contributed by atoms with van der Waals surface area (Å²) in [5.74, 6) is -2.72. The number of rotatable bonds is 1. The first-order valence-electron chi connectivity index (χ1n) is 7.29. The molecule has 24 heavy (non-hydrogen) atoms. The van der Waals surface area contributed by atoms with Crippen LogP contribution in [0, 0.1) is 13.8 Å². The molecule has 2 aromatic rings. The SMILES string of the molecule is Cc1ccc2c(c1O)C(=O)c1c(cc(O)c(C(=O)O)c1C)C2(C)O. The Morgan fingerprint density at radius 3 is 2.29 bits per heavy atom. The van der Waals surface area contributed by atoms with E-state index in [0.29, 0.717) is 5.56 Å². The van der Waals surface area contributed by atoms with Gasteiger partial charge in [0, 0.05) is 16.7 Å². The van der Waals surface area contributed by atoms with Crippen molar-refractivity contribution in [2.24, 2.45) is 0 Å². The Labute approximate surface area is 137 Å². The molecule has 0 radical (unpaired) electrons. The van der Waals surface area contributed by atoms with E-state index in [0.717, 1.165) is 6.07 Å². The first-order valence-corrected chi connectivity index (χ1v) is 7.29. The number of aromatic carboxylic acids is 1. The normalized spacial score (nSPS) is 18.9. The maximum absolute atomic E-state index is 12.9. The zero-order valence-corrected chi connectivity index (χ0v) is 13.3. The lowest BCUT2D eigenvalue weighted by molar-refractivity contribution is 0.0690. The number of benzene rings is 2. The number of carbonyl (C=O) groups is 2. The number of aliphatic hydroxyl groups is 1. The second-order valence-corrected chi connectivity index (χ2v) is 6.18. The third kappa shape index (κ3) is 1.86. The molecule has 1 aliphatic rings. The highest BCUT2D eigenvalue weighted by Crippen LogP contribution is 2.46. The molecule has 0 heterocycles. The van der Waals surface area contributed by atoms with Gasteiger partial charge in [0.2, 0.25) is 0 Å². The minimum Gasteiger partial charge on any atom is -0.507 e. The number of aryl methyl sites for hydroxylation is 1. The minimum absolute atomic E-state index is 0.0106. The van der Waals surface area contributed by atoms with Crippen LogP contribution in [0.1, 0.15) is 55.5 Å². The molecule has 2 aromatic carbocycles. The molecule has 0 fully saturated rings. The van der Waals surface area contributed by atoms with Crippen LogP contribution < -0.4 is 0 Å². The van der Waals surface area contributed by atoms with Crippen LogP contribution in [0.5, 0.6) is 11.5 Å². The van der Waals surface area contributed by atoms with Crippen LogP contribution in [0.15, 0.2) is 18.2 Å². The quantitative estimate of drug-likeness (QED) is 0.638. The van der Waals surface area contributed by atoms with Gasteiger partial charge in [-0.25, -0.2) is 4.79 Å². The lowest BCUT2D eigenvalue weighted by Gasteiger charge is -2.34. The maximum atomic E-state index is 12.9. The summed E-state index contributed by atoms with van der Waals surface area (Å²) in [5.41, 5.74) is -1.27. The van der Waals surface area contributed by atoms with Crippen molar-refractivity contribution in [3.63, 3.8) is 0 Å². The van der Waals surface area contributed by atoms with Crippen LogP contribution in [0.2, 0.25) is 0 Å². The van der Waals surface area contributed by atoms with Gasteiger partial charge in [-0.3, -0.25) is 4.79 Å². The van der Waals surface area contributed by atoms with E-state index in [9.17, 15) is 30.0 Å². The van der Waals surface area contributed by atoms with E-state index in [1.807, 2.05) is 0 Å². The van der Waals surface area contributed by atoms with E-state index in [4.69, 9.17) is 0 Å². The number of hydrogen-bond acceptors (Lipinski definition) is 5. The fourth-order valence-corrected chi connectivity index (χ4v) is 3.35. The van der Waals surface area contributed by atoms with Crippen molar-refractivity contribution >= 4 is 11.8 Å². The molecule has 0 amide bonds. The van der Waals surface area contributed by atoms with Crippen molar-refractivity contribution in [1.29, 1.82) is 0 Å². The average molecular weight is 328 g/mol. The fraction of sp³-hybridized carbons (Fsp3) is 0.222. The van der Waals surface area contributed by atoms with Gasteiger partial charge in [0.25, 0.3) is 0 Å². The predicted octanol–water partition coefficient (Wildman–Crippen LogP) is 2.21. The number of fused-ring (bicyclic) bond motifs is 2. The van der Waals surface area contributed by atoms with Crippen LogP contribution in [-0.4, -0.2) is 32.2 Å². The first-order chi connectivity index (χ1) is 11.1. The van der Waals surface area contributed by atoms with Gasteiger partial charge in [0.1, 0.15) is 22.7 Å². The molecule has 6 nitrogen and oxygen atoms in total. The zero-order chi connectivity index (χ0) is 18.0. The lowest BCUT2D eigenvalue weighted by atomic mass is 9.72. The molecule has 0 aromatic heterocycles. The fourth-order valence-electron chi connectivity index (χ4n) is 3.35. The van der Waals surface area contributed by atoms with Gasteiger partial charge >= 0.3 is 5.97 Å². The highest BCUT2D eigenvalue weighted by Gasteiger charge is 2.43. The highest BCUT2D eigenvalue weighted by atomic mass is 16.4. The molecule has 0 saturated heterocycles. The molecule has 1 unspecified atom stereocenters. The van der Waals surface area contributed by atoms with Crippen molar-refractivity contribution in [3.8, 4) is 11.5 Å². The monoisotopic (exact) mass is 328 g/mol. The predicted molar refractivity (Wildman–Crippen MR) is 84.8 cm³/mol. The molecule has 0 saturated carbocycles. The number of hydrogen-bond donors (Lipinski definition) is 4. The Morgan fingerprint density at radius 2 is 1.71 bits per heavy atom. The summed E-state index contributed by atoms with van der Waals surface area (Å²) in [7, 11) is 0. The number of phenols is 2. The molecular formula is C18H16O6. The third-order valence-electron chi connectivity index (χ3n) is 4.65. The van der Waals surface area contributed by atoms with Crippen LogP contribution >= 0.6 is 0 Å². The van der Waals surface area contributed by atoms with Gasteiger partial charge in [-0.1, -0.05) is 12.1 Å². The van der Waals surface area contributed by atoms with Crippen molar-refractivity contribution in [2.45, 2.75) is 26.4 Å². The van der Waals surface area contributed by atoms with E-state index in [-0.39, 0.29) is 33.6 Å². The lowest BCUT2D eigenvalue weighted by Crippen LogP contribution is -2.34. The summed E-state index contributed by atoms with van der Waals surface area (Å²) in [6.07, 6.45) is 0. The molecule has 4 N–H and O–H groups in total. The van der Waals surface area contributed by atoms with Crippen LogP contribution in [0.4, 0.5) is 0 Å². The molecule has 3 rings (SSSR count). The zero-order valence-electron chi connectivity index (χ0n) is 13.3. The summed E-state index contributed by atoms with van der Waals surface area (Å²) in [5, 5.41) is 40.6. The highest BCUT2D eigenvalue weighted by molar-refractivity contribution is 6.17. The Morgan fingerprint density at radius 1 is 1.08 bits per heavy atom. The van der Waals surface area contributed by atoms with E-state index in [2.05, 4.69) is 0 Å². The molecule has 6 heteroatoms. The second-order valence-electron chi connectivity index (χ2n) is 6.18. The number of phenolic OH excluding ortho intramolecular Hbond substituents is 1. The summed E-state index contributed by atoms with van der Waals surface area (Å²) >= 11 is 0. The van der Waals surface area contributed by atoms with Gasteiger partial charge in [-0.2, -0.15) is 0 Å². The van der Waals surface area contributed by atoms with Crippen molar-refractivity contribution < 1.29 is 30.0 Å². The number of ketones is 1. The third-order valence-corrected chi connectivity index (χ3v) is 4.65. The minimum atomic E-state index is -1.66. The molecule has 0 bridgehead atoms. The van der Waals surface area contributed by atoms with Gasteiger partial charge < -0.3 is 20.4 Å². The van der Waals surface area contributed by atoms with E-state index < -0.39 is 28.7 Å². The number of carboxylic acids is 1. The van der Waals surface area contributed by atoms with Crippen LogP contribution in [0.3, 0.4) is 0 Å². The topological polar surface area (TPSA) is 115 Å². The smallest absolute Gasteiger partial charge is 0.339 e. The average Bonchev–Trinajstić information content (AvgIpc) is 2.47. The molecule has 0 aliphatic heterocycles. The van der Waals surface area contributed by atoms with Gasteiger partial charge in [0.15, 0.2) is 5.78 Å². The number of carboxylic acid groups (broad SMARTS) is 1. The molecule has 1 atom stereocenters. The van der Waals surface area contributed by atoms with Gasteiger partial charge in [-0.15, -0.1) is 0 Å². The summed E-state index contributed by atoms with van der Waals surface area (Å²) < 4.78 is 0. The van der Waals surface area contributed by atoms with Crippen molar-refractivity contribution in [1.82, 2.24) is 0 Å². The molecular weight excluding hydrogens is 312 g/mol. The standard InChI is InChI=1S/C18H16O6/c1-7-4-5-9-14(15(7)20)16(21)12-8(2)13(17(22)23)11(19)6-10(12)18(9,3)24/h4-6,19-20,24H,1-3H3,(H,22,23). The molecule has 0 spiro atoms. The van der Waals surface area contributed by atoms with Crippen LogP contribution in [-0.2, 0) is 5.60 Å². The molecule has 124 valence electrons. The maximum Gasteiger partial charge on any atom is 0.339 e. The Balaban J connectivity index is 2.46. The van der Waals surface area contributed by atoms with Crippen molar-refractivity contribution in [3.05, 3.63) is 57.1 Å².